The van der Waals surface area contributed by atoms with Crippen molar-refractivity contribution in [3.8, 4) is 0 Å². The van der Waals surface area contributed by atoms with Crippen LogP contribution >= 0.6 is 0 Å². The number of nitrogens with zero attached hydrogens (tertiary/aromatic N) is 1. The number of hydrogen-bond donors (Lipinski definition) is 1. The Bertz CT molecular complexity index is 605. The first-order chi connectivity index (χ1) is 7.95. The Morgan fingerprint density at radius 1 is 1.12 bits per heavy atom. The lowest BCUT2D eigenvalue weighted by Crippen LogP contribution is -2.00. The number of ether oxygens (including phenoxy) is 1. The van der Waals surface area contributed by atoms with Gasteiger partial charge >= 0.3 is 0 Å². The zero-order valence-electron chi connectivity index (χ0n) is 8.55. The number of fused-ring (bicyclic) bond motifs is 1. The monoisotopic (exact) mass is 210 g/mol. The number of aromatic nitrogens is 1. The van der Waals surface area contributed by atoms with Crippen LogP contribution in [0.3, 0.4) is 0 Å². The number of hydrogen-bond acceptors (Lipinski definition) is 2. The van der Waals surface area contributed by atoms with Crippen LogP contribution in [0.4, 0.5) is 0 Å². The first-order valence-corrected chi connectivity index (χ1v) is 5.08. The molecule has 2 aromatic rings. The molecule has 0 atom stereocenters. The van der Waals surface area contributed by atoms with Gasteiger partial charge in [0, 0.05) is 23.3 Å². The molecule has 0 saturated heterocycles. The number of allylic oxidation sites excluding steroid dienone is 2. The number of H-pyrrole nitrogens is 1. The molecule has 0 saturated carbocycles. The van der Waals surface area contributed by atoms with Gasteiger partial charge in [0.25, 0.3) is 0 Å². The van der Waals surface area contributed by atoms with E-state index in [2.05, 4.69) is 9.98 Å². The van der Waals surface area contributed by atoms with Crippen LogP contribution in [-0.4, -0.2) is 10.9 Å². The summed E-state index contributed by atoms with van der Waals surface area (Å²) in [6.07, 6.45) is 8.91. The van der Waals surface area contributed by atoms with Crippen LogP contribution in [0, 0.1) is 0 Å². The third-order valence-corrected chi connectivity index (χ3v) is 2.47. The van der Waals surface area contributed by atoms with Gasteiger partial charge in [-0.3, -0.25) is 0 Å². The van der Waals surface area contributed by atoms with Crippen LogP contribution in [-0.2, 0) is 4.74 Å². The average molecular weight is 210 g/mol. The summed E-state index contributed by atoms with van der Waals surface area (Å²) in [7, 11) is 0. The predicted molar refractivity (Wildman–Crippen MR) is 64.2 cm³/mol. The summed E-state index contributed by atoms with van der Waals surface area (Å²) >= 11 is 0. The third-order valence-electron chi connectivity index (χ3n) is 2.47. The first kappa shape index (κ1) is 8.97. The van der Waals surface area contributed by atoms with Gasteiger partial charge in [-0.2, -0.15) is 0 Å². The van der Waals surface area contributed by atoms with Crippen LogP contribution in [0.2, 0.25) is 0 Å². The number of para-hydroxylation sites is 1. The minimum Gasteiger partial charge on any atom is -0.446 e. The molecular weight excluding hydrogens is 200 g/mol. The third kappa shape index (κ3) is 1.42. The summed E-state index contributed by atoms with van der Waals surface area (Å²) in [6.45, 7) is 0. The van der Waals surface area contributed by atoms with Crippen molar-refractivity contribution in [1.29, 1.82) is 0 Å². The van der Waals surface area contributed by atoms with Crippen LogP contribution in [0.25, 0.3) is 10.9 Å². The molecule has 0 spiro atoms. The maximum atomic E-state index is 5.44. The molecule has 2 heterocycles. The highest BCUT2D eigenvalue weighted by atomic mass is 16.5. The van der Waals surface area contributed by atoms with Crippen molar-refractivity contribution in [1.82, 2.24) is 4.98 Å². The van der Waals surface area contributed by atoms with E-state index in [0.717, 1.165) is 16.5 Å². The Morgan fingerprint density at radius 3 is 3.06 bits per heavy atom. The van der Waals surface area contributed by atoms with Crippen LogP contribution in [0.1, 0.15) is 5.56 Å². The minimum atomic E-state index is 0.613. The fraction of sp³-hybridized carbons (Fsp3) is 0. The van der Waals surface area contributed by atoms with Gasteiger partial charge in [-0.05, 0) is 18.2 Å². The molecular formula is C13H10N2O. The summed E-state index contributed by atoms with van der Waals surface area (Å²) in [5, 5.41) is 1.12. The van der Waals surface area contributed by atoms with E-state index in [9.17, 15) is 0 Å². The van der Waals surface area contributed by atoms with Crippen molar-refractivity contribution >= 4 is 16.8 Å². The lowest BCUT2D eigenvalue weighted by Gasteiger charge is -2.01. The van der Waals surface area contributed by atoms with E-state index in [1.165, 1.54) is 0 Å². The second-order valence-electron chi connectivity index (χ2n) is 3.47. The highest BCUT2D eigenvalue weighted by molar-refractivity contribution is 6.07. The Morgan fingerprint density at radius 2 is 2.06 bits per heavy atom. The summed E-state index contributed by atoms with van der Waals surface area (Å²) in [6, 6.07) is 8.08. The van der Waals surface area contributed by atoms with Crippen LogP contribution in [0.15, 0.2) is 60.1 Å². The van der Waals surface area contributed by atoms with Crippen molar-refractivity contribution in [3.05, 3.63) is 60.6 Å². The van der Waals surface area contributed by atoms with E-state index < -0.39 is 0 Å². The molecule has 1 aliphatic heterocycles. The smallest absolute Gasteiger partial charge is 0.227 e. The standard InChI is InChI=1S/C13H10N2O/c1-2-6-12-10(5-1)11(9-15-12)13-14-7-3-4-8-16-13/h1-9,15H. The molecule has 0 unspecified atom stereocenters. The molecule has 0 bridgehead atoms. The van der Waals surface area contributed by atoms with E-state index in [1.54, 1.807) is 12.5 Å². The Labute approximate surface area is 92.8 Å². The molecule has 78 valence electrons. The van der Waals surface area contributed by atoms with E-state index in [1.807, 2.05) is 42.6 Å². The summed E-state index contributed by atoms with van der Waals surface area (Å²) in [4.78, 5) is 7.44. The molecule has 1 aromatic carbocycles. The molecule has 1 aliphatic rings. The topological polar surface area (TPSA) is 37.4 Å². The lowest BCUT2D eigenvalue weighted by atomic mass is 10.2. The average Bonchev–Trinajstić information content (AvgIpc) is 2.57. The Balaban J connectivity index is 2.15. The predicted octanol–water partition coefficient (Wildman–Crippen LogP) is 2.97. The Kier molecular flexibility index (Phi) is 2.07. The zero-order chi connectivity index (χ0) is 10.8. The van der Waals surface area contributed by atoms with Gasteiger partial charge in [0.1, 0.15) is 0 Å². The fourth-order valence-corrected chi connectivity index (χ4v) is 1.72. The van der Waals surface area contributed by atoms with Crippen LogP contribution < -0.4 is 0 Å². The van der Waals surface area contributed by atoms with Crippen LogP contribution in [0.5, 0.6) is 0 Å². The second kappa shape index (κ2) is 3.70. The molecule has 3 heteroatoms. The van der Waals surface area contributed by atoms with Gasteiger partial charge in [0.2, 0.25) is 5.90 Å². The maximum Gasteiger partial charge on any atom is 0.227 e. The quantitative estimate of drug-likeness (QED) is 0.771. The van der Waals surface area contributed by atoms with Gasteiger partial charge in [0.05, 0.1) is 11.8 Å². The van der Waals surface area contributed by atoms with Crippen molar-refractivity contribution < 1.29 is 4.74 Å². The summed E-state index contributed by atoms with van der Waals surface area (Å²) in [5.74, 6) is 0.613. The number of aromatic amines is 1. The molecule has 3 rings (SSSR count). The number of aliphatic imine (C=N–C) groups is 1. The second-order valence-corrected chi connectivity index (χ2v) is 3.47. The molecule has 1 N–H and O–H groups in total. The SMILES string of the molecule is C1=CN=C(c2c[nH]c3ccccc23)OC=C1. The summed E-state index contributed by atoms with van der Waals surface area (Å²) < 4.78 is 5.44. The normalized spacial score (nSPS) is 14.6. The van der Waals surface area contributed by atoms with Crippen molar-refractivity contribution in [3.63, 3.8) is 0 Å². The van der Waals surface area contributed by atoms with Gasteiger partial charge in [-0.1, -0.05) is 18.2 Å². The van der Waals surface area contributed by atoms with E-state index >= 15 is 0 Å². The first-order valence-electron chi connectivity index (χ1n) is 5.08. The van der Waals surface area contributed by atoms with Gasteiger partial charge in [-0.15, -0.1) is 0 Å². The zero-order valence-corrected chi connectivity index (χ0v) is 8.55. The van der Waals surface area contributed by atoms with Gasteiger partial charge in [-0.25, -0.2) is 4.99 Å². The highest BCUT2D eigenvalue weighted by Crippen LogP contribution is 2.19. The van der Waals surface area contributed by atoms with Gasteiger partial charge < -0.3 is 9.72 Å². The largest absolute Gasteiger partial charge is 0.446 e. The molecule has 0 amide bonds. The molecule has 0 fully saturated rings. The fourth-order valence-electron chi connectivity index (χ4n) is 1.72. The molecule has 1 aromatic heterocycles. The van der Waals surface area contributed by atoms with Crippen molar-refractivity contribution in [2.45, 2.75) is 0 Å². The highest BCUT2D eigenvalue weighted by Gasteiger charge is 2.10. The van der Waals surface area contributed by atoms with Crippen molar-refractivity contribution in [2.24, 2.45) is 4.99 Å². The molecule has 0 aliphatic carbocycles. The van der Waals surface area contributed by atoms with Gasteiger partial charge in [0.15, 0.2) is 0 Å². The Hall–Kier alpha value is -2.29. The van der Waals surface area contributed by atoms with E-state index in [-0.39, 0.29) is 0 Å². The number of benzene rings is 1. The number of nitrogens with one attached hydrogen (secondary N) is 1. The van der Waals surface area contributed by atoms with Crippen molar-refractivity contribution in [2.75, 3.05) is 0 Å². The molecule has 16 heavy (non-hydrogen) atoms. The summed E-state index contributed by atoms with van der Waals surface area (Å²) in [5.41, 5.74) is 2.06. The molecule has 0 radical (unpaired) electrons. The maximum absolute atomic E-state index is 5.44. The molecule has 3 nitrogen and oxygen atoms in total. The van der Waals surface area contributed by atoms with E-state index in [0.29, 0.717) is 5.90 Å². The number of rotatable bonds is 1. The minimum absolute atomic E-state index is 0.613. The van der Waals surface area contributed by atoms with E-state index in [4.69, 9.17) is 4.74 Å². The lowest BCUT2D eigenvalue weighted by molar-refractivity contribution is 0.476.